The zero-order chi connectivity index (χ0) is 78.2. The van der Waals surface area contributed by atoms with Crippen molar-refractivity contribution in [3.63, 3.8) is 0 Å². The first-order chi connectivity index (χ1) is 59.4. The molecule has 7 heteroatoms. The SMILES string of the molecule is c1ccc(-n2c3ccccc3c3cc(-c4ccc5c(c4)c4ccccc4n5-c4ccc5c(c4)C4(c6ccccc6-5)C5CC6CC(C5)CC4C6)ccc32)nc1.c1cncc(-c2cc(-c3ccncc3)cc(-n3c4ccccc4c4cc(-c5ccc6c(c5)c5ccccc5n6-c5ccc6c(c5)C5(c7ccccc7-6)C6CC7CC(C6)CC5C7)ccc43)c2)c1. The number of aromatic nitrogens is 7. The standard InChI is InChI=1S/C62H46N4.C51H39N3/c1-4-12-56-50(9-1)51-18-17-48(36-57(51)62(56)46-27-38-26-39(29-46)30-47(62)28-38)65-58-13-5-2-10-52(58)54-34-41(15-19-60(54)65)42-16-20-61-55(35-42)53-11-3-6-14-59(53)66(61)49-32-44(40-21-24-63-25-22-40)31-45(33-49)43-8-7-23-64-37-43;1-4-12-44-38(9-1)39-19-18-37(30-45(39)51(44)35-24-31-23-32(26-35)27-36(51)25-31)53-46-13-5-2-10-40(46)42-28-33(16-20-48(42)53)34-17-21-49-43(29-34)41-11-3-6-14-47(41)54(49)50-15-7-8-22-52-50/h1-25,31-39,46-47H,26-30H2;1-22,28-32,35-36H,23-27H2. The molecule has 120 heavy (non-hydrogen) atoms. The highest BCUT2D eigenvalue weighted by molar-refractivity contribution is 6.15. The van der Waals surface area contributed by atoms with Crippen LogP contribution in [0.2, 0.25) is 0 Å². The fraction of sp³-hybridized carbons (Fsp3) is 0.177. The Labute approximate surface area is 696 Å². The lowest BCUT2D eigenvalue weighted by Crippen LogP contribution is -2.55. The predicted octanol–water partition coefficient (Wildman–Crippen LogP) is 28.1. The van der Waals surface area contributed by atoms with Crippen LogP contribution in [0.15, 0.2) is 346 Å². The molecule has 0 atom stereocenters. The molecule has 572 valence electrons. The summed E-state index contributed by atoms with van der Waals surface area (Å²) in [6.45, 7) is 0. The summed E-state index contributed by atoms with van der Waals surface area (Å²) in [6, 6.07) is 119. The van der Waals surface area contributed by atoms with Crippen molar-refractivity contribution in [1.29, 1.82) is 0 Å². The second-order valence-corrected chi connectivity index (χ2v) is 36.7. The fourth-order valence-electron chi connectivity index (χ4n) is 26.9. The van der Waals surface area contributed by atoms with E-state index in [2.05, 4.69) is 332 Å². The molecule has 2 spiro atoms. The fourth-order valence-corrected chi connectivity index (χ4v) is 26.9. The van der Waals surface area contributed by atoms with Crippen LogP contribution in [0.25, 0.3) is 177 Å². The van der Waals surface area contributed by atoms with Gasteiger partial charge in [-0.1, -0.05) is 170 Å². The van der Waals surface area contributed by atoms with E-state index in [1.54, 1.807) is 22.3 Å². The first-order valence-electron chi connectivity index (χ1n) is 43.9. The van der Waals surface area contributed by atoms with E-state index < -0.39 is 0 Å². The van der Waals surface area contributed by atoms with E-state index in [4.69, 9.17) is 4.98 Å². The van der Waals surface area contributed by atoms with Gasteiger partial charge in [0.25, 0.3) is 0 Å². The molecule has 0 aliphatic heterocycles. The van der Waals surface area contributed by atoms with E-state index in [1.807, 2.05) is 43.1 Å². The van der Waals surface area contributed by atoms with Gasteiger partial charge in [0.05, 0.1) is 44.1 Å². The maximum absolute atomic E-state index is 4.73. The molecule has 0 amide bonds. The summed E-state index contributed by atoms with van der Waals surface area (Å²) in [5.74, 6) is 7.63. The molecule has 0 radical (unpaired) electrons. The molecule has 30 rings (SSSR count). The van der Waals surface area contributed by atoms with Gasteiger partial charge >= 0.3 is 0 Å². The minimum Gasteiger partial charge on any atom is -0.309 e. The molecule has 8 saturated carbocycles. The number of para-hydroxylation sites is 4. The number of hydrogen-bond donors (Lipinski definition) is 0. The van der Waals surface area contributed by atoms with Gasteiger partial charge in [0.15, 0.2) is 0 Å². The number of rotatable bonds is 8. The Balaban J connectivity index is 0.000000129. The summed E-state index contributed by atoms with van der Waals surface area (Å²) in [6.07, 6.45) is 23.5. The van der Waals surface area contributed by atoms with Gasteiger partial charge in [0.2, 0.25) is 0 Å². The van der Waals surface area contributed by atoms with Crippen LogP contribution in [0.3, 0.4) is 0 Å². The Morgan fingerprint density at radius 3 is 1.02 bits per heavy atom. The Kier molecular flexibility index (Phi) is 14.4. The van der Waals surface area contributed by atoms with Crippen molar-refractivity contribution < 1.29 is 0 Å². The molecule has 7 heterocycles. The average Bonchev–Trinajstić information content (AvgIpc) is 1.60. The van der Waals surface area contributed by atoms with Crippen molar-refractivity contribution in [3.05, 3.63) is 369 Å². The number of nitrogens with zero attached hydrogens (tertiary/aromatic N) is 7. The van der Waals surface area contributed by atoms with Crippen molar-refractivity contribution in [2.45, 2.75) is 75.0 Å². The summed E-state index contributed by atoms with van der Waals surface area (Å²) >= 11 is 0. The smallest absolute Gasteiger partial charge is 0.137 e. The van der Waals surface area contributed by atoms with Crippen LogP contribution in [0.4, 0.5) is 0 Å². The Morgan fingerprint density at radius 2 is 0.592 bits per heavy atom. The summed E-state index contributed by atoms with van der Waals surface area (Å²) in [5.41, 5.74) is 35.5. The molecular formula is C113H85N7. The van der Waals surface area contributed by atoms with Gasteiger partial charge < -0.3 is 13.7 Å². The van der Waals surface area contributed by atoms with E-state index in [-0.39, 0.29) is 10.8 Å². The largest absolute Gasteiger partial charge is 0.309 e. The molecule has 0 unspecified atom stereocenters. The minimum absolute atomic E-state index is 0.132. The summed E-state index contributed by atoms with van der Waals surface area (Å²) in [7, 11) is 0. The molecule has 10 aliphatic carbocycles. The number of benzene rings is 13. The molecule has 7 aromatic heterocycles. The molecule has 8 bridgehead atoms. The number of hydrogen-bond acceptors (Lipinski definition) is 3. The van der Waals surface area contributed by atoms with Crippen LogP contribution in [0.1, 0.15) is 86.5 Å². The second-order valence-electron chi connectivity index (χ2n) is 36.7. The quantitative estimate of drug-likeness (QED) is 0.152. The monoisotopic (exact) mass is 1540 g/mol. The van der Waals surface area contributed by atoms with Gasteiger partial charge in [0.1, 0.15) is 5.82 Å². The van der Waals surface area contributed by atoms with E-state index in [1.165, 1.54) is 207 Å². The third kappa shape index (κ3) is 9.55. The molecule has 8 fully saturated rings. The lowest BCUT2D eigenvalue weighted by Gasteiger charge is -2.61. The van der Waals surface area contributed by atoms with Crippen LogP contribution >= 0.6 is 0 Å². The van der Waals surface area contributed by atoms with E-state index >= 15 is 0 Å². The van der Waals surface area contributed by atoms with Gasteiger partial charge in [-0.2, -0.15) is 0 Å². The topological polar surface area (TPSA) is 58.4 Å². The number of pyridine rings is 3. The van der Waals surface area contributed by atoms with Crippen LogP contribution < -0.4 is 0 Å². The molecule has 7 nitrogen and oxygen atoms in total. The maximum Gasteiger partial charge on any atom is 0.137 e. The van der Waals surface area contributed by atoms with E-state index in [0.717, 1.165) is 81.1 Å². The Hall–Kier alpha value is -13.5. The van der Waals surface area contributed by atoms with Gasteiger partial charge in [0, 0.05) is 108 Å². The molecule has 0 saturated heterocycles. The minimum atomic E-state index is 0.132. The molecule has 20 aromatic rings. The molecular weight excluding hydrogens is 1460 g/mol. The molecule has 0 N–H and O–H groups in total. The third-order valence-electron chi connectivity index (χ3n) is 31.0. The maximum atomic E-state index is 4.73. The van der Waals surface area contributed by atoms with Crippen LogP contribution in [0.5, 0.6) is 0 Å². The zero-order valence-electron chi connectivity index (χ0n) is 66.7. The third-order valence-corrected chi connectivity index (χ3v) is 31.0. The van der Waals surface area contributed by atoms with Crippen LogP contribution in [-0.2, 0) is 10.8 Å². The van der Waals surface area contributed by atoms with Crippen molar-refractivity contribution in [2.75, 3.05) is 0 Å². The van der Waals surface area contributed by atoms with Crippen LogP contribution in [0, 0.1) is 47.3 Å². The first kappa shape index (κ1) is 67.5. The Bertz CT molecular complexity index is 7590. The van der Waals surface area contributed by atoms with Crippen LogP contribution in [-0.4, -0.2) is 33.2 Å². The van der Waals surface area contributed by atoms with Crippen molar-refractivity contribution in [3.8, 4) is 89.6 Å². The normalized spacial score (nSPS) is 22.4. The predicted molar refractivity (Wildman–Crippen MR) is 492 cm³/mol. The highest BCUT2D eigenvalue weighted by Crippen LogP contribution is 2.72. The highest BCUT2D eigenvalue weighted by atomic mass is 15.1. The lowest BCUT2D eigenvalue weighted by molar-refractivity contribution is -0.0399. The second kappa shape index (κ2) is 25.5. The van der Waals surface area contributed by atoms with Gasteiger partial charge in [-0.05, 0) is 341 Å². The van der Waals surface area contributed by atoms with Gasteiger partial charge in [-0.3, -0.25) is 14.5 Å². The molecule has 10 aliphatic rings. The zero-order valence-corrected chi connectivity index (χ0v) is 66.7. The summed E-state index contributed by atoms with van der Waals surface area (Å²) < 4.78 is 9.81. The number of fused-ring (bicyclic) bond motifs is 18. The summed E-state index contributed by atoms with van der Waals surface area (Å²) in [4.78, 5) is 13.5. The van der Waals surface area contributed by atoms with Crippen molar-refractivity contribution in [1.82, 2.24) is 33.2 Å². The van der Waals surface area contributed by atoms with Gasteiger partial charge in [-0.25, -0.2) is 4.98 Å². The molecule has 13 aromatic carbocycles. The lowest BCUT2D eigenvalue weighted by atomic mass is 9.43. The first-order valence-corrected chi connectivity index (χ1v) is 43.9. The van der Waals surface area contributed by atoms with Crippen molar-refractivity contribution in [2.24, 2.45) is 47.3 Å². The average molecular weight is 1540 g/mol. The Morgan fingerprint density at radius 1 is 0.217 bits per heavy atom. The van der Waals surface area contributed by atoms with E-state index in [9.17, 15) is 0 Å². The van der Waals surface area contributed by atoms with Gasteiger partial charge in [-0.15, -0.1) is 0 Å². The van der Waals surface area contributed by atoms with E-state index in [0.29, 0.717) is 0 Å². The van der Waals surface area contributed by atoms with Crippen molar-refractivity contribution >= 4 is 87.2 Å². The highest BCUT2D eigenvalue weighted by Gasteiger charge is 2.63. The summed E-state index contributed by atoms with van der Waals surface area (Å²) in [5, 5.41) is 10.1.